The van der Waals surface area contributed by atoms with Crippen LogP contribution in [0.4, 0.5) is 0 Å². The highest BCUT2D eigenvalue weighted by molar-refractivity contribution is 5.42. The van der Waals surface area contributed by atoms with Crippen LogP contribution in [-0.2, 0) is 0 Å². The summed E-state index contributed by atoms with van der Waals surface area (Å²) in [6.07, 6.45) is 5.05. The van der Waals surface area contributed by atoms with Crippen LogP contribution < -0.4 is 0 Å². The van der Waals surface area contributed by atoms with E-state index in [0.717, 1.165) is 17.8 Å². The second-order valence-electron chi connectivity index (χ2n) is 4.56. The van der Waals surface area contributed by atoms with Crippen LogP contribution in [0.5, 0.6) is 0 Å². The van der Waals surface area contributed by atoms with Crippen LogP contribution in [0.2, 0.25) is 0 Å². The van der Waals surface area contributed by atoms with Crippen LogP contribution in [-0.4, -0.2) is 0 Å². The summed E-state index contributed by atoms with van der Waals surface area (Å²) >= 11 is 0. The van der Waals surface area contributed by atoms with Gasteiger partial charge in [0, 0.05) is 0 Å². The molecule has 0 aliphatic heterocycles. The maximum Gasteiger partial charge on any atom is -0.00973 e. The molecule has 1 fully saturated rings. The predicted octanol–water partition coefficient (Wildman–Crippen LogP) is 3.95. The molecule has 0 saturated heterocycles. The van der Waals surface area contributed by atoms with Gasteiger partial charge in [0.15, 0.2) is 0 Å². The minimum absolute atomic E-state index is 0.921. The van der Waals surface area contributed by atoms with Crippen molar-refractivity contribution >= 4 is 0 Å². The lowest BCUT2D eigenvalue weighted by Crippen LogP contribution is -1.98. The van der Waals surface area contributed by atoms with Crippen LogP contribution in [0, 0.1) is 17.8 Å². The normalized spacial score (nSPS) is 37.2. The molecule has 0 radical (unpaired) electrons. The SMILES string of the molecule is CCC1=CC(C)=C(C)C2C(CC)C12. The van der Waals surface area contributed by atoms with E-state index in [-0.39, 0.29) is 0 Å². The van der Waals surface area contributed by atoms with Gasteiger partial charge in [-0.25, -0.2) is 0 Å². The van der Waals surface area contributed by atoms with E-state index in [9.17, 15) is 0 Å². The molecule has 2 aliphatic carbocycles. The molecular weight excluding hydrogens is 156 g/mol. The lowest BCUT2D eigenvalue weighted by atomic mass is 9.93. The molecule has 13 heavy (non-hydrogen) atoms. The molecule has 3 atom stereocenters. The zero-order chi connectivity index (χ0) is 9.59. The van der Waals surface area contributed by atoms with E-state index in [1.54, 1.807) is 11.1 Å². The fourth-order valence-electron chi connectivity index (χ4n) is 3.07. The molecule has 72 valence electrons. The first kappa shape index (κ1) is 9.05. The highest BCUT2D eigenvalue weighted by Gasteiger charge is 2.52. The molecule has 0 N–H and O–H groups in total. The van der Waals surface area contributed by atoms with E-state index in [4.69, 9.17) is 0 Å². The van der Waals surface area contributed by atoms with Crippen molar-refractivity contribution in [2.75, 3.05) is 0 Å². The van der Waals surface area contributed by atoms with Crippen molar-refractivity contribution in [2.24, 2.45) is 17.8 Å². The van der Waals surface area contributed by atoms with E-state index in [1.807, 2.05) is 0 Å². The van der Waals surface area contributed by atoms with Gasteiger partial charge in [0.25, 0.3) is 0 Å². The Labute approximate surface area is 81.7 Å². The molecule has 0 aromatic heterocycles. The van der Waals surface area contributed by atoms with Crippen molar-refractivity contribution in [2.45, 2.75) is 40.5 Å². The lowest BCUT2D eigenvalue weighted by molar-refractivity contribution is 0.714. The molecule has 0 aromatic rings. The summed E-state index contributed by atoms with van der Waals surface area (Å²) in [7, 11) is 0. The molecule has 2 rings (SSSR count). The smallest absolute Gasteiger partial charge is 0.00973 e. The first-order chi connectivity index (χ1) is 6.20. The fraction of sp³-hybridized carbons (Fsp3) is 0.692. The van der Waals surface area contributed by atoms with Gasteiger partial charge >= 0.3 is 0 Å². The Morgan fingerprint density at radius 1 is 1.15 bits per heavy atom. The Bertz CT molecular complexity index is 280. The highest BCUT2D eigenvalue weighted by atomic mass is 14.6. The van der Waals surface area contributed by atoms with Gasteiger partial charge in [0.1, 0.15) is 0 Å². The third-order valence-corrected chi connectivity index (χ3v) is 4.00. The molecular formula is C13H20. The molecule has 0 heterocycles. The second kappa shape index (κ2) is 3.01. The minimum Gasteiger partial charge on any atom is -0.0664 e. The summed E-state index contributed by atoms with van der Waals surface area (Å²) in [6, 6.07) is 0. The Morgan fingerprint density at radius 2 is 1.85 bits per heavy atom. The van der Waals surface area contributed by atoms with Crippen LogP contribution in [0.3, 0.4) is 0 Å². The summed E-state index contributed by atoms with van der Waals surface area (Å²) in [5.41, 5.74) is 4.91. The van der Waals surface area contributed by atoms with Crippen molar-refractivity contribution in [1.29, 1.82) is 0 Å². The van der Waals surface area contributed by atoms with Crippen molar-refractivity contribution in [3.8, 4) is 0 Å². The average molecular weight is 176 g/mol. The van der Waals surface area contributed by atoms with Crippen LogP contribution in [0.25, 0.3) is 0 Å². The first-order valence-corrected chi connectivity index (χ1v) is 5.58. The maximum absolute atomic E-state index is 2.44. The van der Waals surface area contributed by atoms with Crippen LogP contribution in [0.1, 0.15) is 40.5 Å². The van der Waals surface area contributed by atoms with Crippen molar-refractivity contribution in [3.05, 3.63) is 22.8 Å². The molecule has 0 amide bonds. The third-order valence-electron chi connectivity index (χ3n) is 4.00. The first-order valence-electron chi connectivity index (χ1n) is 5.58. The number of hydrogen-bond acceptors (Lipinski definition) is 0. The fourth-order valence-corrected chi connectivity index (χ4v) is 3.07. The van der Waals surface area contributed by atoms with Gasteiger partial charge in [0.05, 0.1) is 0 Å². The zero-order valence-corrected chi connectivity index (χ0v) is 9.22. The van der Waals surface area contributed by atoms with Gasteiger partial charge in [-0.1, -0.05) is 43.1 Å². The van der Waals surface area contributed by atoms with Gasteiger partial charge in [-0.05, 0) is 38.0 Å². The Morgan fingerprint density at radius 3 is 2.38 bits per heavy atom. The zero-order valence-electron chi connectivity index (χ0n) is 9.22. The van der Waals surface area contributed by atoms with E-state index in [1.165, 1.54) is 18.4 Å². The van der Waals surface area contributed by atoms with Crippen molar-refractivity contribution in [1.82, 2.24) is 0 Å². The molecule has 0 heteroatoms. The molecule has 2 aliphatic rings. The second-order valence-corrected chi connectivity index (χ2v) is 4.56. The van der Waals surface area contributed by atoms with Crippen LogP contribution in [0.15, 0.2) is 22.8 Å². The van der Waals surface area contributed by atoms with E-state index in [0.29, 0.717) is 0 Å². The van der Waals surface area contributed by atoms with Gasteiger partial charge in [-0.2, -0.15) is 0 Å². The molecule has 0 spiro atoms. The topological polar surface area (TPSA) is 0 Å². The Hall–Kier alpha value is -0.520. The lowest BCUT2D eigenvalue weighted by Gasteiger charge is -2.13. The van der Waals surface area contributed by atoms with Crippen LogP contribution >= 0.6 is 0 Å². The van der Waals surface area contributed by atoms with Crippen molar-refractivity contribution < 1.29 is 0 Å². The largest absolute Gasteiger partial charge is 0.0664 e. The monoisotopic (exact) mass is 176 g/mol. The third kappa shape index (κ3) is 1.19. The molecule has 0 aromatic carbocycles. The van der Waals surface area contributed by atoms with E-state index in [2.05, 4.69) is 33.8 Å². The summed E-state index contributed by atoms with van der Waals surface area (Å²) in [4.78, 5) is 0. The summed E-state index contributed by atoms with van der Waals surface area (Å²) in [6.45, 7) is 9.22. The number of hydrogen-bond donors (Lipinski definition) is 0. The van der Waals surface area contributed by atoms with Crippen molar-refractivity contribution in [3.63, 3.8) is 0 Å². The quantitative estimate of drug-likeness (QED) is 0.597. The predicted molar refractivity (Wildman–Crippen MR) is 57.5 cm³/mol. The highest BCUT2D eigenvalue weighted by Crippen LogP contribution is 2.59. The minimum atomic E-state index is 0.921. The summed E-state index contributed by atoms with van der Waals surface area (Å²) < 4.78 is 0. The molecule has 0 nitrogen and oxygen atoms in total. The van der Waals surface area contributed by atoms with Gasteiger partial charge in [-0.3, -0.25) is 0 Å². The van der Waals surface area contributed by atoms with Gasteiger partial charge < -0.3 is 0 Å². The van der Waals surface area contributed by atoms with E-state index >= 15 is 0 Å². The average Bonchev–Trinajstić information content (AvgIpc) is 2.85. The molecule has 0 bridgehead atoms. The van der Waals surface area contributed by atoms with E-state index < -0.39 is 0 Å². The molecule has 1 saturated carbocycles. The standard InChI is InChI=1S/C13H20/c1-5-10-7-8(3)9(4)12-11(6-2)13(10)12/h7,11-13H,5-6H2,1-4H3. The Kier molecular flexibility index (Phi) is 2.09. The number of allylic oxidation sites excluding steroid dienone is 4. The van der Waals surface area contributed by atoms with Gasteiger partial charge in [0.2, 0.25) is 0 Å². The summed E-state index contributed by atoms with van der Waals surface area (Å²) in [5, 5.41) is 0. The molecule has 3 unspecified atom stereocenters. The number of rotatable bonds is 2. The Balaban J connectivity index is 2.30. The number of fused-ring (bicyclic) bond motifs is 1. The maximum atomic E-state index is 2.44. The summed E-state index contributed by atoms with van der Waals surface area (Å²) in [5.74, 6) is 2.83. The van der Waals surface area contributed by atoms with Gasteiger partial charge in [-0.15, -0.1) is 0 Å².